The summed E-state index contributed by atoms with van der Waals surface area (Å²) < 4.78 is 2.02. The molecular weight excluding hydrogens is 310 g/mol. The van der Waals surface area contributed by atoms with Crippen molar-refractivity contribution in [3.63, 3.8) is 0 Å². The van der Waals surface area contributed by atoms with Gasteiger partial charge in [-0.05, 0) is 36.5 Å². The Hall–Kier alpha value is -2.75. The molecule has 2 aromatic heterocycles. The van der Waals surface area contributed by atoms with Crippen LogP contribution in [0.5, 0.6) is 0 Å². The number of nitrogens with one attached hydrogen (secondary N) is 1. The number of carbonyl (C=O) groups is 1. The summed E-state index contributed by atoms with van der Waals surface area (Å²) in [7, 11) is 0. The Morgan fingerprint density at radius 2 is 2.08 bits per heavy atom. The fourth-order valence-corrected chi connectivity index (χ4v) is 3.52. The number of Topliss-reactive ketones (excluding diaryl/α,β-unsaturated/α-hetero) is 1. The van der Waals surface area contributed by atoms with Gasteiger partial charge in [-0.2, -0.15) is 4.57 Å². The molecule has 1 unspecified atom stereocenters. The Morgan fingerprint density at radius 1 is 1.20 bits per heavy atom. The Kier molecular flexibility index (Phi) is 4.42. The summed E-state index contributed by atoms with van der Waals surface area (Å²) in [5.41, 5.74) is 4.28. The average Bonchev–Trinajstić information content (AvgIpc) is 2.68. The predicted molar refractivity (Wildman–Crippen MR) is 97.5 cm³/mol. The number of carbonyl (C=O) groups excluding carboxylic acids is 1. The van der Waals surface area contributed by atoms with Crippen LogP contribution in [0.15, 0.2) is 66.8 Å². The molecule has 0 spiro atoms. The maximum absolute atomic E-state index is 12.7. The number of fused-ring (bicyclic) bond motifs is 1. The number of aromatic nitrogens is 2. The highest BCUT2D eigenvalue weighted by Gasteiger charge is 2.34. The van der Waals surface area contributed by atoms with Crippen molar-refractivity contribution in [2.75, 3.05) is 11.9 Å². The second-order valence-corrected chi connectivity index (χ2v) is 6.60. The molecule has 1 N–H and O–H groups in total. The van der Waals surface area contributed by atoms with Crippen LogP contribution >= 0.6 is 0 Å². The first-order chi connectivity index (χ1) is 12.3. The second-order valence-electron chi connectivity index (χ2n) is 6.60. The predicted octanol–water partition coefficient (Wildman–Crippen LogP) is 3.43. The van der Waals surface area contributed by atoms with Crippen molar-refractivity contribution in [2.24, 2.45) is 0 Å². The quantitative estimate of drug-likeness (QED) is 0.873. The molecule has 126 valence electrons. The zero-order valence-electron chi connectivity index (χ0n) is 14.2. The molecule has 0 aliphatic heterocycles. The van der Waals surface area contributed by atoms with Gasteiger partial charge in [-0.3, -0.25) is 9.78 Å². The van der Waals surface area contributed by atoms with Gasteiger partial charge in [-0.15, -0.1) is 0 Å². The molecule has 4 rings (SSSR count). The van der Waals surface area contributed by atoms with Crippen molar-refractivity contribution in [1.29, 1.82) is 0 Å². The lowest BCUT2D eigenvalue weighted by molar-refractivity contribution is -0.708. The molecule has 2 heterocycles. The minimum absolute atomic E-state index is 0.130. The number of hydrogen-bond donors (Lipinski definition) is 1. The summed E-state index contributed by atoms with van der Waals surface area (Å²) in [4.78, 5) is 16.9. The van der Waals surface area contributed by atoms with E-state index in [9.17, 15) is 4.79 Å². The molecule has 0 fully saturated rings. The standard InChI is InChI=1S/C21H21N3O/c25-21-19-15-22-11-8-17(19)6-7-20(21)24-12-9-18(10-13-24)23-14-16-4-2-1-3-5-16/h2,4-5,8-13,15,20H,1,3,6-7,14H2/p+1. The molecule has 0 saturated heterocycles. The molecule has 0 saturated carbocycles. The summed E-state index contributed by atoms with van der Waals surface area (Å²) >= 11 is 0. The fraction of sp³-hybridized carbons (Fsp3) is 0.286. The Balaban J connectivity index is 1.45. The van der Waals surface area contributed by atoms with Crippen LogP contribution in [-0.4, -0.2) is 17.3 Å². The maximum Gasteiger partial charge on any atom is 0.232 e. The normalized spacial score (nSPS) is 19.3. The van der Waals surface area contributed by atoms with Crippen LogP contribution in [-0.2, 0) is 6.42 Å². The van der Waals surface area contributed by atoms with E-state index in [2.05, 4.69) is 28.5 Å². The number of allylic oxidation sites excluding steroid dienone is 2. The fourth-order valence-electron chi connectivity index (χ4n) is 3.52. The van der Waals surface area contributed by atoms with Gasteiger partial charge in [-0.25, -0.2) is 0 Å². The molecule has 2 aliphatic carbocycles. The zero-order chi connectivity index (χ0) is 17.1. The first-order valence-corrected chi connectivity index (χ1v) is 8.88. The summed E-state index contributed by atoms with van der Waals surface area (Å²) in [6.45, 7) is 0.835. The van der Waals surface area contributed by atoms with Gasteiger partial charge in [0.2, 0.25) is 11.8 Å². The lowest BCUT2D eigenvalue weighted by Gasteiger charge is -2.19. The van der Waals surface area contributed by atoms with Crippen molar-refractivity contribution >= 4 is 11.5 Å². The van der Waals surface area contributed by atoms with Gasteiger partial charge in [0.05, 0.1) is 0 Å². The first kappa shape index (κ1) is 15.8. The number of pyridine rings is 2. The van der Waals surface area contributed by atoms with E-state index in [0.29, 0.717) is 0 Å². The van der Waals surface area contributed by atoms with E-state index < -0.39 is 0 Å². The highest BCUT2D eigenvalue weighted by atomic mass is 16.1. The first-order valence-electron chi connectivity index (χ1n) is 8.88. The van der Waals surface area contributed by atoms with Crippen molar-refractivity contribution in [1.82, 2.24) is 4.98 Å². The van der Waals surface area contributed by atoms with Gasteiger partial charge < -0.3 is 5.32 Å². The molecule has 0 bridgehead atoms. The highest BCUT2D eigenvalue weighted by Crippen LogP contribution is 2.25. The lowest BCUT2D eigenvalue weighted by Crippen LogP contribution is -2.45. The summed E-state index contributed by atoms with van der Waals surface area (Å²) in [5, 5.41) is 3.44. The van der Waals surface area contributed by atoms with Crippen molar-refractivity contribution in [3.05, 3.63) is 77.9 Å². The van der Waals surface area contributed by atoms with Crippen LogP contribution in [0.2, 0.25) is 0 Å². The van der Waals surface area contributed by atoms with Crippen LogP contribution in [0.4, 0.5) is 5.69 Å². The van der Waals surface area contributed by atoms with Gasteiger partial charge in [0.1, 0.15) is 0 Å². The van der Waals surface area contributed by atoms with Crippen LogP contribution in [0, 0.1) is 0 Å². The van der Waals surface area contributed by atoms with Crippen molar-refractivity contribution in [3.8, 4) is 0 Å². The molecule has 2 aliphatic rings. The van der Waals surface area contributed by atoms with Crippen molar-refractivity contribution < 1.29 is 9.36 Å². The van der Waals surface area contributed by atoms with E-state index in [4.69, 9.17) is 0 Å². The maximum atomic E-state index is 12.7. The minimum atomic E-state index is -0.130. The van der Waals surface area contributed by atoms with E-state index in [1.165, 1.54) is 5.57 Å². The molecule has 4 nitrogen and oxygen atoms in total. The lowest BCUT2D eigenvalue weighted by atomic mass is 9.88. The van der Waals surface area contributed by atoms with E-state index in [-0.39, 0.29) is 11.8 Å². The molecule has 2 aromatic rings. The summed E-state index contributed by atoms with van der Waals surface area (Å²) in [6, 6.07) is 5.91. The van der Waals surface area contributed by atoms with E-state index in [0.717, 1.165) is 49.0 Å². The van der Waals surface area contributed by atoms with Crippen LogP contribution < -0.4 is 9.88 Å². The minimum Gasteiger partial charge on any atom is -0.381 e. The van der Waals surface area contributed by atoms with Crippen LogP contribution in [0.25, 0.3) is 0 Å². The highest BCUT2D eigenvalue weighted by molar-refractivity contribution is 6.00. The Bertz CT molecular complexity index is 836. The third kappa shape index (κ3) is 3.38. The molecular formula is C21H22N3O+. The number of hydrogen-bond acceptors (Lipinski definition) is 3. The Labute approximate surface area is 147 Å². The van der Waals surface area contributed by atoms with Gasteiger partial charge in [0, 0.05) is 48.7 Å². The van der Waals surface area contributed by atoms with Gasteiger partial charge in [0.15, 0.2) is 12.4 Å². The van der Waals surface area contributed by atoms with Gasteiger partial charge in [-0.1, -0.05) is 18.2 Å². The van der Waals surface area contributed by atoms with Crippen LogP contribution in [0.3, 0.4) is 0 Å². The number of aryl methyl sites for hydroxylation is 1. The Morgan fingerprint density at radius 3 is 2.88 bits per heavy atom. The monoisotopic (exact) mass is 332 g/mol. The summed E-state index contributed by atoms with van der Waals surface area (Å²) in [6.07, 6.45) is 18.2. The topological polar surface area (TPSA) is 45.9 Å². The van der Waals surface area contributed by atoms with Crippen molar-refractivity contribution in [2.45, 2.75) is 31.7 Å². The number of ketones is 1. The van der Waals surface area contributed by atoms with Gasteiger partial charge >= 0.3 is 0 Å². The van der Waals surface area contributed by atoms with Crippen LogP contribution in [0.1, 0.15) is 41.2 Å². The third-order valence-corrected chi connectivity index (χ3v) is 4.95. The number of nitrogens with zero attached hydrogens (tertiary/aromatic N) is 2. The third-order valence-electron chi connectivity index (χ3n) is 4.95. The second kappa shape index (κ2) is 7.01. The van der Waals surface area contributed by atoms with E-state index in [1.807, 2.05) is 35.2 Å². The number of rotatable bonds is 4. The molecule has 0 aromatic carbocycles. The molecule has 0 radical (unpaired) electrons. The number of anilines is 1. The smallest absolute Gasteiger partial charge is 0.232 e. The largest absolute Gasteiger partial charge is 0.381 e. The molecule has 1 atom stereocenters. The molecule has 25 heavy (non-hydrogen) atoms. The zero-order valence-corrected chi connectivity index (χ0v) is 14.2. The molecule has 4 heteroatoms. The average molecular weight is 332 g/mol. The molecule has 0 amide bonds. The van der Waals surface area contributed by atoms with E-state index in [1.54, 1.807) is 12.4 Å². The van der Waals surface area contributed by atoms with E-state index >= 15 is 0 Å². The summed E-state index contributed by atoms with van der Waals surface area (Å²) in [5.74, 6) is 0.164. The van der Waals surface area contributed by atoms with Gasteiger partial charge in [0.25, 0.3) is 0 Å². The SMILES string of the molecule is O=C1c2cnccc2CCC1[n+]1ccc(NCC2=CCCC=C2)cc1.